The summed E-state index contributed by atoms with van der Waals surface area (Å²) in [4.78, 5) is 11.9. The van der Waals surface area contributed by atoms with Crippen molar-refractivity contribution >= 4 is 33.4 Å². The first kappa shape index (κ1) is 13.2. The van der Waals surface area contributed by atoms with Crippen LogP contribution in [0.5, 0.6) is 0 Å². The van der Waals surface area contributed by atoms with Crippen molar-refractivity contribution in [3.8, 4) is 0 Å². The zero-order valence-electron chi connectivity index (χ0n) is 9.67. The van der Waals surface area contributed by atoms with Gasteiger partial charge in [0.2, 0.25) is 0 Å². The van der Waals surface area contributed by atoms with E-state index < -0.39 is 0 Å². The first-order valence-corrected chi connectivity index (χ1v) is 6.52. The molecule has 0 saturated carbocycles. The zero-order valence-corrected chi connectivity index (χ0v) is 12.0. The molecule has 0 fully saturated rings. The number of aryl methyl sites for hydroxylation is 1. The van der Waals surface area contributed by atoms with E-state index in [-0.39, 0.29) is 5.91 Å². The van der Waals surface area contributed by atoms with Gasteiger partial charge in [0, 0.05) is 4.47 Å². The van der Waals surface area contributed by atoms with Gasteiger partial charge in [-0.25, -0.2) is 0 Å². The Bertz CT molecular complexity index is 580. The molecule has 3 nitrogen and oxygen atoms in total. The average Bonchev–Trinajstić information content (AvgIpc) is 2.76. The number of halogens is 2. The molecule has 1 aromatic carbocycles. The van der Waals surface area contributed by atoms with Crippen molar-refractivity contribution in [2.24, 2.45) is 0 Å². The lowest BCUT2D eigenvalue weighted by molar-refractivity contribution is 0.0948. The van der Waals surface area contributed by atoms with Gasteiger partial charge >= 0.3 is 0 Å². The Labute approximate surface area is 118 Å². The molecule has 0 saturated heterocycles. The summed E-state index contributed by atoms with van der Waals surface area (Å²) in [7, 11) is 0. The third kappa shape index (κ3) is 2.94. The van der Waals surface area contributed by atoms with E-state index in [0.717, 1.165) is 5.76 Å². The van der Waals surface area contributed by atoms with Crippen molar-refractivity contribution in [2.75, 3.05) is 0 Å². The highest BCUT2D eigenvalue weighted by Gasteiger charge is 2.12. The maximum absolute atomic E-state index is 11.9. The largest absolute Gasteiger partial charge is 0.465 e. The minimum atomic E-state index is -0.227. The Balaban J connectivity index is 2.06. The van der Waals surface area contributed by atoms with Crippen LogP contribution in [0.3, 0.4) is 0 Å². The third-order valence-electron chi connectivity index (χ3n) is 2.42. The number of hydrogen-bond donors (Lipinski definition) is 1. The summed E-state index contributed by atoms with van der Waals surface area (Å²) in [5.74, 6) is 1.31. The average molecular weight is 329 g/mol. The zero-order chi connectivity index (χ0) is 13.1. The van der Waals surface area contributed by atoms with Crippen LogP contribution in [-0.4, -0.2) is 5.91 Å². The Morgan fingerprint density at radius 3 is 2.83 bits per heavy atom. The van der Waals surface area contributed by atoms with E-state index in [1.807, 2.05) is 19.1 Å². The molecular formula is C13H11BrClNO2. The van der Waals surface area contributed by atoms with Gasteiger partial charge in [-0.1, -0.05) is 17.7 Å². The van der Waals surface area contributed by atoms with Crippen LogP contribution in [0.2, 0.25) is 5.02 Å². The second-order valence-electron chi connectivity index (χ2n) is 3.80. The molecule has 1 amide bonds. The van der Waals surface area contributed by atoms with Gasteiger partial charge in [0.1, 0.15) is 11.5 Å². The van der Waals surface area contributed by atoms with Gasteiger partial charge in [-0.3, -0.25) is 4.79 Å². The van der Waals surface area contributed by atoms with Crippen molar-refractivity contribution in [1.82, 2.24) is 5.32 Å². The van der Waals surface area contributed by atoms with Gasteiger partial charge in [0.25, 0.3) is 5.91 Å². The second-order valence-corrected chi connectivity index (χ2v) is 5.03. The van der Waals surface area contributed by atoms with Crippen molar-refractivity contribution in [3.63, 3.8) is 0 Å². The fourth-order valence-corrected chi connectivity index (χ4v) is 2.10. The van der Waals surface area contributed by atoms with E-state index in [1.54, 1.807) is 18.2 Å². The third-order valence-corrected chi connectivity index (χ3v) is 3.71. The standard InChI is InChI=1S/C13H11BrClNO2/c1-8-5-6-9(18-8)7-16-13(17)10-3-2-4-11(14)12(10)15/h2-6H,7H2,1H3,(H,16,17). The van der Waals surface area contributed by atoms with E-state index in [1.165, 1.54) is 0 Å². The molecule has 1 aromatic heterocycles. The van der Waals surface area contributed by atoms with E-state index in [9.17, 15) is 4.79 Å². The summed E-state index contributed by atoms with van der Waals surface area (Å²) in [5, 5.41) is 3.17. The maximum atomic E-state index is 11.9. The van der Waals surface area contributed by atoms with Crippen molar-refractivity contribution in [3.05, 3.63) is 56.9 Å². The normalized spacial score (nSPS) is 10.4. The lowest BCUT2D eigenvalue weighted by Crippen LogP contribution is -2.22. The van der Waals surface area contributed by atoms with Gasteiger partial charge in [-0.15, -0.1) is 0 Å². The number of rotatable bonds is 3. The van der Waals surface area contributed by atoms with E-state index in [0.29, 0.717) is 27.4 Å². The van der Waals surface area contributed by atoms with E-state index in [4.69, 9.17) is 16.0 Å². The van der Waals surface area contributed by atoms with Crippen LogP contribution in [0, 0.1) is 6.92 Å². The number of hydrogen-bond acceptors (Lipinski definition) is 2. The van der Waals surface area contributed by atoms with Crippen LogP contribution >= 0.6 is 27.5 Å². The van der Waals surface area contributed by atoms with Crippen LogP contribution in [-0.2, 0) is 6.54 Å². The minimum Gasteiger partial charge on any atom is -0.465 e. The molecule has 1 heterocycles. The summed E-state index contributed by atoms with van der Waals surface area (Å²) in [6.45, 7) is 2.20. The molecule has 18 heavy (non-hydrogen) atoms. The van der Waals surface area contributed by atoms with Crippen molar-refractivity contribution in [1.29, 1.82) is 0 Å². The van der Waals surface area contributed by atoms with Gasteiger partial charge < -0.3 is 9.73 Å². The number of carbonyl (C=O) groups is 1. The number of carbonyl (C=O) groups excluding carboxylic acids is 1. The lowest BCUT2D eigenvalue weighted by Gasteiger charge is -2.06. The van der Waals surface area contributed by atoms with Gasteiger partial charge in [0.15, 0.2) is 0 Å². The Kier molecular flexibility index (Phi) is 4.09. The van der Waals surface area contributed by atoms with E-state index >= 15 is 0 Å². The SMILES string of the molecule is Cc1ccc(CNC(=O)c2cccc(Br)c2Cl)o1. The monoisotopic (exact) mass is 327 g/mol. The Morgan fingerprint density at radius 1 is 1.39 bits per heavy atom. The molecule has 0 unspecified atom stereocenters. The predicted octanol–water partition coefficient (Wildman–Crippen LogP) is 3.93. The topological polar surface area (TPSA) is 42.2 Å². The smallest absolute Gasteiger partial charge is 0.253 e. The molecule has 0 aliphatic rings. The van der Waals surface area contributed by atoms with Crippen LogP contribution in [0.4, 0.5) is 0 Å². The second kappa shape index (κ2) is 5.59. The van der Waals surface area contributed by atoms with Crippen LogP contribution in [0.1, 0.15) is 21.9 Å². The molecule has 0 aliphatic carbocycles. The summed E-state index contributed by atoms with van der Waals surface area (Å²) in [6, 6.07) is 8.92. The Hall–Kier alpha value is -1.26. The predicted molar refractivity (Wildman–Crippen MR) is 73.8 cm³/mol. The maximum Gasteiger partial charge on any atom is 0.253 e. The van der Waals surface area contributed by atoms with E-state index in [2.05, 4.69) is 21.2 Å². The number of benzene rings is 1. The quantitative estimate of drug-likeness (QED) is 0.927. The summed E-state index contributed by atoms with van der Waals surface area (Å²) in [6.07, 6.45) is 0. The molecule has 2 rings (SSSR count). The number of nitrogens with one attached hydrogen (secondary N) is 1. The molecule has 0 spiro atoms. The summed E-state index contributed by atoms with van der Waals surface area (Å²) in [5.41, 5.74) is 0.439. The first-order valence-electron chi connectivity index (χ1n) is 5.35. The molecule has 0 bridgehead atoms. The molecule has 1 N–H and O–H groups in total. The summed E-state index contributed by atoms with van der Waals surface area (Å²) < 4.78 is 6.07. The lowest BCUT2D eigenvalue weighted by atomic mass is 10.2. The van der Waals surface area contributed by atoms with Gasteiger partial charge in [0.05, 0.1) is 17.1 Å². The molecule has 2 aromatic rings. The molecule has 94 valence electrons. The van der Waals surface area contributed by atoms with Crippen LogP contribution < -0.4 is 5.32 Å². The fraction of sp³-hybridized carbons (Fsp3) is 0.154. The molecule has 5 heteroatoms. The molecular weight excluding hydrogens is 318 g/mol. The van der Waals surface area contributed by atoms with Crippen molar-refractivity contribution < 1.29 is 9.21 Å². The number of amides is 1. The van der Waals surface area contributed by atoms with Crippen LogP contribution in [0.15, 0.2) is 39.2 Å². The molecule has 0 aliphatic heterocycles. The van der Waals surface area contributed by atoms with Crippen LogP contribution in [0.25, 0.3) is 0 Å². The minimum absolute atomic E-state index is 0.227. The fourth-order valence-electron chi connectivity index (χ4n) is 1.52. The summed E-state index contributed by atoms with van der Waals surface area (Å²) >= 11 is 9.33. The first-order chi connectivity index (χ1) is 8.58. The highest BCUT2D eigenvalue weighted by Crippen LogP contribution is 2.25. The highest BCUT2D eigenvalue weighted by atomic mass is 79.9. The molecule has 0 atom stereocenters. The number of furan rings is 1. The highest BCUT2D eigenvalue weighted by molar-refractivity contribution is 9.10. The van der Waals surface area contributed by atoms with Gasteiger partial charge in [-0.05, 0) is 47.1 Å². The molecule has 0 radical (unpaired) electrons. The van der Waals surface area contributed by atoms with Crippen molar-refractivity contribution in [2.45, 2.75) is 13.5 Å². The van der Waals surface area contributed by atoms with Gasteiger partial charge in [-0.2, -0.15) is 0 Å². The Morgan fingerprint density at radius 2 is 2.17 bits per heavy atom.